The summed E-state index contributed by atoms with van der Waals surface area (Å²) < 4.78 is 2.18. The van der Waals surface area contributed by atoms with Crippen molar-refractivity contribution < 1.29 is 4.92 Å². The lowest BCUT2D eigenvalue weighted by molar-refractivity contribution is -0.384. The van der Waals surface area contributed by atoms with Crippen molar-refractivity contribution in [2.75, 3.05) is 0 Å². The van der Waals surface area contributed by atoms with Crippen LogP contribution in [0.3, 0.4) is 0 Å². The predicted octanol–water partition coefficient (Wildman–Crippen LogP) is 4.13. The fourth-order valence-electron chi connectivity index (χ4n) is 2.21. The normalized spacial score (nSPS) is 10.9. The molecule has 0 saturated carbocycles. The third kappa shape index (κ3) is 2.70. The van der Waals surface area contributed by atoms with E-state index in [0.717, 1.165) is 23.9 Å². The third-order valence-electron chi connectivity index (χ3n) is 3.22. The minimum atomic E-state index is -0.349. The van der Waals surface area contributed by atoms with Gasteiger partial charge < -0.3 is 4.57 Å². The highest BCUT2D eigenvalue weighted by molar-refractivity contribution is 5.82. The van der Waals surface area contributed by atoms with E-state index in [2.05, 4.69) is 11.5 Å². The monoisotopic (exact) mass is 246 g/mol. The van der Waals surface area contributed by atoms with Crippen LogP contribution in [0.5, 0.6) is 0 Å². The molecule has 18 heavy (non-hydrogen) atoms. The zero-order valence-corrected chi connectivity index (χ0v) is 10.6. The summed E-state index contributed by atoms with van der Waals surface area (Å²) in [6.45, 7) is 3.19. The molecule has 2 rings (SSSR count). The number of non-ortho nitro benzene ring substituents is 1. The number of nitrogens with zero attached hydrogens (tertiary/aromatic N) is 2. The van der Waals surface area contributed by atoms with Gasteiger partial charge in [-0.25, -0.2) is 0 Å². The molecular weight excluding hydrogens is 228 g/mol. The van der Waals surface area contributed by atoms with E-state index < -0.39 is 0 Å². The number of fused-ring (bicyclic) bond motifs is 1. The lowest BCUT2D eigenvalue weighted by Crippen LogP contribution is -1.96. The van der Waals surface area contributed by atoms with Gasteiger partial charge in [-0.2, -0.15) is 0 Å². The third-order valence-corrected chi connectivity index (χ3v) is 3.22. The van der Waals surface area contributed by atoms with Crippen molar-refractivity contribution in [2.24, 2.45) is 0 Å². The molecule has 0 bridgehead atoms. The van der Waals surface area contributed by atoms with Gasteiger partial charge in [-0.3, -0.25) is 10.1 Å². The average Bonchev–Trinajstić information content (AvgIpc) is 2.77. The Morgan fingerprint density at radius 3 is 2.78 bits per heavy atom. The highest BCUT2D eigenvalue weighted by Gasteiger charge is 2.08. The molecule has 96 valence electrons. The summed E-state index contributed by atoms with van der Waals surface area (Å²) in [6, 6.07) is 7.00. The quantitative estimate of drug-likeness (QED) is 0.437. The van der Waals surface area contributed by atoms with Gasteiger partial charge in [0.2, 0.25) is 0 Å². The van der Waals surface area contributed by atoms with Crippen molar-refractivity contribution in [1.82, 2.24) is 4.57 Å². The van der Waals surface area contributed by atoms with E-state index >= 15 is 0 Å². The van der Waals surface area contributed by atoms with Crippen molar-refractivity contribution in [3.05, 3.63) is 40.6 Å². The summed E-state index contributed by atoms with van der Waals surface area (Å²) in [5.74, 6) is 0. The molecule has 0 fully saturated rings. The maximum Gasteiger partial charge on any atom is 0.270 e. The van der Waals surface area contributed by atoms with Gasteiger partial charge in [0.25, 0.3) is 5.69 Å². The Morgan fingerprint density at radius 2 is 2.06 bits per heavy atom. The molecule has 0 aliphatic rings. The van der Waals surface area contributed by atoms with Crippen LogP contribution in [0, 0.1) is 10.1 Å². The predicted molar refractivity (Wildman–Crippen MR) is 72.7 cm³/mol. The van der Waals surface area contributed by atoms with E-state index in [0.29, 0.717) is 0 Å². The molecular formula is C14H18N2O2. The van der Waals surface area contributed by atoms with Crippen molar-refractivity contribution in [3.63, 3.8) is 0 Å². The van der Waals surface area contributed by atoms with E-state index in [9.17, 15) is 10.1 Å². The number of aromatic nitrogens is 1. The molecule has 2 aromatic rings. The van der Waals surface area contributed by atoms with Crippen LogP contribution in [0.2, 0.25) is 0 Å². The Balaban J connectivity index is 2.13. The number of hydrogen-bond acceptors (Lipinski definition) is 2. The minimum Gasteiger partial charge on any atom is -0.347 e. The van der Waals surface area contributed by atoms with Gasteiger partial charge in [-0.15, -0.1) is 0 Å². The van der Waals surface area contributed by atoms with Gasteiger partial charge >= 0.3 is 0 Å². The number of unbranched alkanes of at least 4 members (excludes halogenated alkanes) is 3. The number of benzene rings is 1. The van der Waals surface area contributed by atoms with Crippen LogP contribution >= 0.6 is 0 Å². The smallest absolute Gasteiger partial charge is 0.270 e. The summed E-state index contributed by atoms with van der Waals surface area (Å²) in [5.41, 5.74) is 1.24. The van der Waals surface area contributed by atoms with Crippen LogP contribution in [0.25, 0.3) is 10.9 Å². The first-order valence-corrected chi connectivity index (χ1v) is 6.45. The van der Waals surface area contributed by atoms with E-state index in [4.69, 9.17) is 0 Å². The molecule has 0 saturated heterocycles. The van der Waals surface area contributed by atoms with Crippen molar-refractivity contribution in [1.29, 1.82) is 0 Å². The van der Waals surface area contributed by atoms with Gasteiger partial charge in [-0.05, 0) is 18.6 Å². The molecule has 1 aromatic carbocycles. The molecule has 0 radical (unpaired) electrons. The molecule has 4 heteroatoms. The van der Waals surface area contributed by atoms with Crippen LogP contribution in [0.4, 0.5) is 5.69 Å². The fraction of sp³-hybridized carbons (Fsp3) is 0.429. The maximum absolute atomic E-state index is 10.7. The molecule has 0 amide bonds. The van der Waals surface area contributed by atoms with Crippen molar-refractivity contribution in [2.45, 2.75) is 39.2 Å². The van der Waals surface area contributed by atoms with Gasteiger partial charge in [0, 0.05) is 35.8 Å². The topological polar surface area (TPSA) is 48.1 Å². The fourth-order valence-corrected chi connectivity index (χ4v) is 2.21. The molecule has 0 spiro atoms. The highest BCUT2D eigenvalue weighted by Crippen LogP contribution is 2.22. The Kier molecular flexibility index (Phi) is 3.97. The number of nitro groups is 1. The minimum absolute atomic E-state index is 0.159. The number of hydrogen-bond donors (Lipinski definition) is 0. The van der Waals surface area contributed by atoms with E-state index in [1.54, 1.807) is 12.1 Å². The van der Waals surface area contributed by atoms with Crippen LogP contribution in [-0.4, -0.2) is 9.49 Å². The second-order valence-electron chi connectivity index (χ2n) is 4.57. The maximum atomic E-state index is 10.7. The van der Waals surface area contributed by atoms with E-state index in [1.165, 1.54) is 19.3 Å². The summed E-state index contributed by atoms with van der Waals surface area (Å²) in [7, 11) is 0. The molecule has 0 atom stereocenters. The van der Waals surface area contributed by atoms with Crippen molar-refractivity contribution >= 4 is 16.6 Å². The number of nitro benzene ring substituents is 1. The summed E-state index contributed by atoms with van der Waals surface area (Å²) >= 11 is 0. The average molecular weight is 246 g/mol. The van der Waals surface area contributed by atoms with Crippen LogP contribution < -0.4 is 0 Å². The Morgan fingerprint density at radius 1 is 1.22 bits per heavy atom. The molecule has 1 heterocycles. The first-order chi connectivity index (χ1) is 8.72. The molecule has 4 nitrogen and oxygen atoms in total. The van der Waals surface area contributed by atoms with E-state index in [-0.39, 0.29) is 10.6 Å². The van der Waals surface area contributed by atoms with Gasteiger partial charge in [0.05, 0.1) is 4.92 Å². The lowest BCUT2D eigenvalue weighted by Gasteiger charge is -2.04. The van der Waals surface area contributed by atoms with Crippen LogP contribution in [0.1, 0.15) is 32.6 Å². The summed E-state index contributed by atoms with van der Waals surface area (Å²) in [5, 5.41) is 11.6. The summed E-state index contributed by atoms with van der Waals surface area (Å²) in [6.07, 6.45) is 6.92. The standard InChI is InChI=1S/C14H18N2O2/c1-2-3-4-5-9-15-10-8-12-11-13(16(17)18)6-7-14(12)15/h6-8,10-11H,2-5,9H2,1H3. The summed E-state index contributed by atoms with van der Waals surface area (Å²) in [4.78, 5) is 10.3. The second kappa shape index (κ2) is 5.67. The Bertz CT molecular complexity index is 546. The zero-order valence-electron chi connectivity index (χ0n) is 10.6. The Labute approximate surface area is 106 Å². The van der Waals surface area contributed by atoms with Crippen LogP contribution in [0.15, 0.2) is 30.5 Å². The molecule has 0 aliphatic heterocycles. The molecule has 0 unspecified atom stereocenters. The number of aryl methyl sites for hydroxylation is 1. The highest BCUT2D eigenvalue weighted by atomic mass is 16.6. The van der Waals surface area contributed by atoms with E-state index in [1.807, 2.05) is 18.3 Å². The second-order valence-corrected chi connectivity index (χ2v) is 4.57. The molecule has 1 aromatic heterocycles. The number of rotatable bonds is 6. The lowest BCUT2D eigenvalue weighted by atomic mass is 10.2. The molecule has 0 N–H and O–H groups in total. The first-order valence-electron chi connectivity index (χ1n) is 6.45. The van der Waals surface area contributed by atoms with Gasteiger partial charge in [0.15, 0.2) is 0 Å². The first kappa shape index (κ1) is 12.6. The Hall–Kier alpha value is -1.84. The van der Waals surface area contributed by atoms with Crippen LogP contribution in [-0.2, 0) is 6.54 Å². The van der Waals surface area contributed by atoms with Crippen molar-refractivity contribution in [3.8, 4) is 0 Å². The largest absolute Gasteiger partial charge is 0.347 e. The van der Waals surface area contributed by atoms with Gasteiger partial charge in [-0.1, -0.05) is 26.2 Å². The molecule has 0 aliphatic carbocycles. The van der Waals surface area contributed by atoms with Gasteiger partial charge in [0.1, 0.15) is 0 Å². The SMILES string of the molecule is CCCCCCn1ccc2cc([N+](=O)[O-])ccc21. The zero-order chi connectivity index (χ0) is 13.0.